The molecule has 4 nitrogen and oxygen atoms in total. The van der Waals surface area contributed by atoms with Gasteiger partial charge in [0.15, 0.2) is 0 Å². The van der Waals surface area contributed by atoms with Gasteiger partial charge in [-0.15, -0.1) is 0 Å². The van der Waals surface area contributed by atoms with Gasteiger partial charge >= 0.3 is 0 Å². The molecular weight excluding hydrogens is 292 g/mol. The van der Waals surface area contributed by atoms with Crippen LogP contribution in [-0.4, -0.2) is 16.5 Å². The van der Waals surface area contributed by atoms with Crippen LogP contribution in [0.1, 0.15) is 13.3 Å². The Morgan fingerprint density at radius 1 is 1.00 bits per heavy atom. The smallest absolute Gasteiger partial charge is 0.0591 e. The number of halogens is 1. The molecule has 0 aliphatic rings. The van der Waals surface area contributed by atoms with Gasteiger partial charge in [0.25, 0.3) is 0 Å². The van der Waals surface area contributed by atoms with Crippen LogP contribution in [0.25, 0.3) is 0 Å². The Bertz CT molecular complexity index is 516. The molecule has 18 heavy (non-hydrogen) atoms. The summed E-state index contributed by atoms with van der Waals surface area (Å²) in [6.45, 7) is 3.08. The van der Waals surface area contributed by atoms with E-state index in [1.54, 1.807) is 18.6 Å². The third-order valence-corrected chi connectivity index (χ3v) is 2.74. The first-order chi connectivity index (χ1) is 8.78. The fraction of sp³-hybridized carbons (Fsp3) is 0.231. The summed E-state index contributed by atoms with van der Waals surface area (Å²) in [6, 6.07) is 4.00. The average molecular weight is 307 g/mol. The van der Waals surface area contributed by atoms with Crippen molar-refractivity contribution in [1.29, 1.82) is 0 Å². The maximum Gasteiger partial charge on any atom is 0.0591 e. The molecule has 0 bridgehead atoms. The molecule has 2 aromatic rings. The molecule has 0 aromatic carbocycles. The van der Waals surface area contributed by atoms with Crippen LogP contribution in [0.3, 0.4) is 0 Å². The number of nitrogens with one attached hydrogen (secondary N) is 2. The van der Waals surface area contributed by atoms with Crippen LogP contribution in [0, 0.1) is 0 Å². The topological polar surface area (TPSA) is 49.8 Å². The Balaban J connectivity index is 2.09. The molecule has 0 radical (unpaired) electrons. The minimum absolute atomic E-state index is 0.929. The summed E-state index contributed by atoms with van der Waals surface area (Å²) in [5.41, 5.74) is 2.89. The third kappa shape index (κ3) is 3.70. The predicted molar refractivity (Wildman–Crippen MR) is 78.2 cm³/mol. The third-order valence-electron chi connectivity index (χ3n) is 2.31. The van der Waals surface area contributed by atoms with Crippen molar-refractivity contribution >= 4 is 33.0 Å². The predicted octanol–water partition coefficient (Wildman–Crippen LogP) is 3.80. The van der Waals surface area contributed by atoms with Crippen molar-refractivity contribution in [1.82, 2.24) is 9.97 Å². The molecule has 0 atom stereocenters. The number of hydrogen-bond acceptors (Lipinski definition) is 4. The van der Waals surface area contributed by atoms with Gasteiger partial charge in [0, 0.05) is 17.2 Å². The maximum atomic E-state index is 4.20. The minimum atomic E-state index is 0.929. The molecule has 2 heterocycles. The van der Waals surface area contributed by atoms with Crippen molar-refractivity contribution in [3.63, 3.8) is 0 Å². The molecule has 5 heteroatoms. The van der Waals surface area contributed by atoms with Crippen LogP contribution in [0.15, 0.2) is 41.4 Å². The van der Waals surface area contributed by atoms with E-state index < -0.39 is 0 Å². The van der Waals surface area contributed by atoms with Gasteiger partial charge < -0.3 is 10.6 Å². The molecule has 2 aromatic heterocycles. The van der Waals surface area contributed by atoms with Crippen LogP contribution in [0.4, 0.5) is 17.1 Å². The van der Waals surface area contributed by atoms with Gasteiger partial charge in [0.2, 0.25) is 0 Å². The van der Waals surface area contributed by atoms with Crippen molar-refractivity contribution in [3.05, 3.63) is 41.4 Å². The number of nitrogens with zero attached hydrogens (tertiary/aromatic N) is 2. The standard InChI is InChI=1S/C13H15BrN4/c1-2-3-17-11-5-13(9-16-7-11)18-12-4-10(14)6-15-8-12/h4-9,17-18H,2-3H2,1H3. The van der Waals surface area contributed by atoms with E-state index in [0.29, 0.717) is 0 Å². The second kappa shape index (κ2) is 6.35. The maximum absolute atomic E-state index is 4.20. The van der Waals surface area contributed by atoms with E-state index in [1.165, 1.54) is 0 Å². The largest absolute Gasteiger partial charge is 0.384 e. The van der Waals surface area contributed by atoms with Gasteiger partial charge in [-0.3, -0.25) is 9.97 Å². The second-order valence-electron chi connectivity index (χ2n) is 3.91. The molecule has 0 fully saturated rings. The lowest BCUT2D eigenvalue weighted by Crippen LogP contribution is -2.01. The highest BCUT2D eigenvalue weighted by molar-refractivity contribution is 9.10. The van der Waals surface area contributed by atoms with E-state index in [1.807, 2.05) is 18.3 Å². The normalized spacial score (nSPS) is 10.1. The highest BCUT2D eigenvalue weighted by Gasteiger charge is 1.98. The molecule has 0 saturated heterocycles. The van der Waals surface area contributed by atoms with E-state index in [9.17, 15) is 0 Å². The molecule has 2 N–H and O–H groups in total. The van der Waals surface area contributed by atoms with Crippen LogP contribution in [-0.2, 0) is 0 Å². The summed E-state index contributed by atoms with van der Waals surface area (Å²) in [5, 5.41) is 6.57. The Morgan fingerprint density at radius 2 is 1.67 bits per heavy atom. The molecule has 0 aliphatic heterocycles. The van der Waals surface area contributed by atoms with E-state index in [2.05, 4.69) is 43.5 Å². The Kier molecular flexibility index (Phi) is 4.52. The summed E-state index contributed by atoms with van der Waals surface area (Å²) < 4.78 is 0.945. The van der Waals surface area contributed by atoms with E-state index in [4.69, 9.17) is 0 Å². The summed E-state index contributed by atoms with van der Waals surface area (Å²) in [7, 11) is 0. The summed E-state index contributed by atoms with van der Waals surface area (Å²) in [4.78, 5) is 8.31. The van der Waals surface area contributed by atoms with Gasteiger partial charge in [0.05, 0.1) is 35.7 Å². The van der Waals surface area contributed by atoms with Gasteiger partial charge in [0.1, 0.15) is 0 Å². The lowest BCUT2D eigenvalue weighted by atomic mass is 10.3. The minimum Gasteiger partial charge on any atom is -0.384 e. The Labute approximate surface area is 115 Å². The molecule has 0 aliphatic carbocycles. The quantitative estimate of drug-likeness (QED) is 0.882. The first-order valence-electron chi connectivity index (χ1n) is 5.84. The van der Waals surface area contributed by atoms with Crippen molar-refractivity contribution in [2.75, 3.05) is 17.2 Å². The summed E-state index contributed by atoms with van der Waals surface area (Å²) >= 11 is 3.39. The van der Waals surface area contributed by atoms with Crippen LogP contribution >= 0.6 is 15.9 Å². The molecule has 0 spiro atoms. The zero-order chi connectivity index (χ0) is 12.8. The molecular formula is C13H15BrN4. The highest BCUT2D eigenvalue weighted by Crippen LogP contribution is 2.20. The lowest BCUT2D eigenvalue weighted by molar-refractivity contribution is 0.978. The Hall–Kier alpha value is -1.62. The molecule has 94 valence electrons. The van der Waals surface area contributed by atoms with E-state index in [0.717, 1.165) is 34.5 Å². The first kappa shape index (κ1) is 12.8. The zero-order valence-electron chi connectivity index (χ0n) is 10.2. The molecule has 0 unspecified atom stereocenters. The van der Waals surface area contributed by atoms with Crippen molar-refractivity contribution in [2.24, 2.45) is 0 Å². The number of aromatic nitrogens is 2. The second-order valence-corrected chi connectivity index (χ2v) is 4.82. The fourth-order valence-electron chi connectivity index (χ4n) is 1.52. The number of hydrogen-bond donors (Lipinski definition) is 2. The van der Waals surface area contributed by atoms with E-state index in [-0.39, 0.29) is 0 Å². The van der Waals surface area contributed by atoms with Crippen molar-refractivity contribution < 1.29 is 0 Å². The lowest BCUT2D eigenvalue weighted by Gasteiger charge is -2.09. The van der Waals surface area contributed by atoms with Crippen molar-refractivity contribution in [2.45, 2.75) is 13.3 Å². The van der Waals surface area contributed by atoms with Crippen LogP contribution < -0.4 is 10.6 Å². The van der Waals surface area contributed by atoms with Gasteiger partial charge in [-0.2, -0.15) is 0 Å². The molecule has 0 amide bonds. The van der Waals surface area contributed by atoms with Gasteiger partial charge in [-0.05, 0) is 34.5 Å². The Morgan fingerprint density at radius 3 is 2.39 bits per heavy atom. The average Bonchev–Trinajstić information content (AvgIpc) is 2.37. The number of pyridine rings is 2. The first-order valence-corrected chi connectivity index (χ1v) is 6.63. The van der Waals surface area contributed by atoms with Crippen LogP contribution in [0.5, 0.6) is 0 Å². The fourth-order valence-corrected chi connectivity index (χ4v) is 1.89. The SMILES string of the molecule is CCCNc1cncc(Nc2cncc(Br)c2)c1. The van der Waals surface area contributed by atoms with Crippen LogP contribution in [0.2, 0.25) is 0 Å². The van der Waals surface area contributed by atoms with Gasteiger partial charge in [-0.25, -0.2) is 0 Å². The molecule has 2 rings (SSSR count). The van der Waals surface area contributed by atoms with Crippen molar-refractivity contribution in [3.8, 4) is 0 Å². The highest BCUT2D eigenvalue weighted by atomic mass is 79.9. The van der Waals surface area contributed by atoms with E-state index >= 15 is 0 Å². The summed E-state index contributed by atoms with van der Waals surface area (Å²) in [6.07, 6.45) is 8.23. The number of anilines is 3. The zero-order valence-corrected chi connectivity index (χ0v) is 11.7. The number of rotatable bonds is 5. The molecule has 0 saturated carbocycles. The van der Waals surface area contributed by atoms with Gasteiger partial charge in [-0.1, -0.05) is 6.92 Å². The monoisotopic (exact) mass is 306 g/mol. The summed E-state index contributed by atoms with van der Waals surface area (Å²) in [5.74, 6) is 0.